The predicted octanol–water partition coefficient (Wildman–Crippen LogP) is 2.55. The summed E-state index contributed by atoms with van der Waals surface area (Å²) >= 11 is 0. The van der Waals surface area contributed by atoms with Crippen molar-refractivity contribution >= 4 is 11.6 Å². The second-order valence-corrected chi connectivity index (χ2v) is 5.61. The second-order valence-electron chi connectivity index (χ2n) is 5.61. The molecule has 0 aliphatic heterocycles. The van der Waals surface area contributed by atoms with Crippen molar-refractivity contribution in [3.63, 3.8) is 0 Å². The van der Waals surface area contributed by atoms with Gasteiger partial charge in [0.25, 0.3) is 0 Å². The highest BCUT2D eigenvalue weighted by Crippen LogP contribution is 2.21. The number of nitrogens with two attached hydrogens (primary N) is 1. The maximum atomic E-state index is 12.8. The molecule has 1 aromatic carbocycles. The van der Waals surface area contributed by atoms with E-state index in [2.05, 4.69) is 0 Å². The molecule has 1 amide bonds. The van der Waals surface area contributed by atoms with Crippen molar-refractivity contribution in [2.75, 3.05) is 11.9 Å². The van der Waals surface area contributed by atoms with Crippen LogP contribution in [0.15, 0.2) is 24.3 Å². The van der Waals surface area contributed by atoms with E-state index in [0.717, 1.165) is 0 Å². The monoisotopic (exact) mass is 252 g/mol. The second kappa shape index (κ2) is 5.48. The fourth-order valence-electron chi connectivity index (χ4n) is 1.44. The standard InChI is InChI=1S/C14H21FN2O/c1-14(2,3)12(16)9-13(18)17(4)11-7-5-10(15)6-8-11/h5-8,12H,9,16H2,1-4H3. The minimum Gasteiger partial charge on any atom is -0.327 e. The number of hydrogen-bond acceptors (Lipinski definition) is 2. The van der Waals surface area contributed by atoms with Gasteiger partial charge in [0, 0.05) is 25.2 Å². The molecule has 0 aliphatic rings. The number of carbonyl (C=O) groups excluding carboxylic acids is 1. The molecular formula is C14H21FN2O. The minimum absolute atomic E-state index is 0.0657. The average Bonchev–Trinajstić information content (AvgIpc) is 2.27. The minimum atomic E-state index is -0.314. The van der Waals surface area contributed by atoms with Crippen LogP contribution in [0.5, 0.6) is 0 Å². The summed E-state index contributed by atoms with van der Waals surface area (Å²) in [5.41, 5.74) is 6.54. The number of amides is 1. The average molecular weight is 252 g/mol. The van der Waals surface area contributed by atoms with Crippen molar-refractivity contribution in [2.24, 2.45) is 11.1 Å². The Kier molecular flexibility index (Phi) is 4.46. The van der Waals surface area contributed by atoms with Gasteiger partial charge in [0.05, 0.1) is 0 Å². The molecule has 100 valence electrons. The summed E-state index contributed by atoms with van der Waals surface area (Å²) in [7, 11) is 1.67. The van der Waals surface area contributed by atoms with E-state index in [1.807, 2.05) is 20.8 Å². The van der Waals surface area contributed by atoms with Crippen LogP contribution in [0, 0.1) is 11.2 Å². The number of benzene rings is 1. The molecule has 0 radical (unpaired) electrons. The van der Waals surface area contributed by atoms with Crippen molar-refractivity contribution in [2.45, 2.75) is 33.2 Å². The number of hydrogen-bond donors (Lipinski definition) is 1. The molecule has 2 N–H and O–H groups in total. The summed E-state index contributed by atoms with van der Waals surface area (Å²) < 4.78 is 12.8. The maximum absolute atomic E-state index is 12.8. The Balaban J connectivity index is 2.70. The zero-order valence-electron chi connectivity index (χ0n) is 11.4. The van der Waals surface area contributed by atoms with Crippen LogP contribution in [0.25, 0.3) is 0 Å². The first-order valence-electron chi connectivity index (χ1n) is 5.99. The largest absolute Gasteiger partial charge is 0.327 e. The maximum Gasteiger partial charge on any atom is 0.228 e. The summed E-state index contributed by atoms with van der Waals surface area (Å²) in [6.45, 7) is 6.01. The third kappa shape index (κ3) is 3.81. The fraction of sp³-hybridized carbons (Fsp3) is 0.500. The first-order chi connectivity index (χ1) is 8.21. The number of nitrogens with zero attached hydrogens (tertiary/aromatic N) is 1. The molecule has 4 heteroatoms. The van der Waals surface area contributed by atoms with E-state index in [4.69, 9.17) is 5.73 Å². The predicted molar refractivity (Wildman–Crippen MR) is 71.9 cm³/mol. The Hall–Kier alpha value is -1.42. The van der Waals surface area contributed by atoms with Gasteiger partial charge in [0.1, 0.15) is 5.82 Å². The van der Waals surface area contributed by atoms with Gasteiger partial charge in [-0.05, 0) is 29.7 Å². The molecule has 0 aromatic heterocycles. The summed E-state index contributed by atoms with van der Waals surface area (Å²) in [6, 6.07) is 5.63. The summed E-state index contributed by atoms with van der Waals surface area (Å²) in [5, 5.41) is 0. The SMILES string of the molecule is CN(C(=O)CC(N)C(C)(C)C)c1ccc(F)cc1. The molecule has 0 spiro atoms. The van der Waals surface area contributed by atoms with Gasteiger partial charge in [0.2, 0.25) is 5.91 Å². The Labute approximate surface area is 108 Å². The first-order valence-corrected chi connectivity index (χ1v) is 5.99. The van der Waals surface area contributed by atoms with Crippen LogP contribution in [0.1, 0.15) is 27.2 Å². The molecule has 1 unspecified atom stereocenters. The highest BCUT2D eigenvalue weighted by Gasteiger charge is 2.24. The Morgan fingerprint density at radius 2 is 1.83 bits per heavy atom. The summed E-state index contributed by atoms with van der Waals surface area (Å²) in [5.74, 6) is -0.380. The normalized spacial score (nSPS) is 13.2. The van der Waals surface area contributed by atoms with Gasteiger partial charge in [-0.15, -0.1) is 0 Å². The van der Waals surface area contributed by atoms with Gasteiger partial charge in [-0.1, -0.05) is 20.8 Å². The number of rotatable bonds is 3. The molecule has 0 saturated carbocycles. The molecule has 3 nitrogen and oxygen atoms in total. The van der Waals surface area contributed by atoms with Gasteiger partial charge in [-0.3, -0.25) is 4.79 Å². The van der Waals surface area contributed by atoms with Crippen LogP contribution in [0.4, 0.5) is 10.1 Å². The molecule has 0 bridgehead atoms. The van der Waals surface area contributed by atoms with E-state index < -0.39 is 0 Å². The van der Waals surface area contributed by atoms with Crippen LogP contribution in [-0.4, -0.2) is 19.0 Å². The molecule has 0 fully saturated rings. The highest BCUT2D eigenvalue weighted by molar-refractivity contribution is 5.93. The highest BCUT2D eigenvalue weighted by atomic mass is 19.1. The molecule has 0 heterocycles. The molecule has 1 aromatic rings. The molecule has 0 saturated heterocycles. The molecule has 18 heavy (non-hydrogen) atoms. The van der Waals surface area contributed by atoms with E-state index in [1.165, 1.54) is 17.0 Å². The summed E-state index contributed by atoms with van der Waals surface area (Å²) in [6.07, 6.45) is 0.275. The van der Waals surface area contributed by atoms with Gasteiger partial charge in [-0.2, -0.15) is 0 Å². The van der Waals surface area contributed by atoms with E-state index in [9.17, 15) is 9.18 Å². The Bertz CT molecular complexity index is 409. The van der Waals surface area contributed by atoms with E-state index in [1.54, 1.807) is 19.2 Å². The lowest BCUT2D eigenvalue weighted by molar-refractivity contribution is -0.119. The van der Waals surface area contributed by atoms with Gasteiger partial charge >= 0.3 is 0 Å². The van der Waals surface area contributed by atoms with E-state index in [0.29, 0.717) is 5.69 Å². The van der Waals surface area contributed by atoms with Crippen molar-refractivity contribution in [3.8, 4) is 0 Å². The van der Waals surface area contributed by atoms with Crippen molar-refractivity contribution < 1.29 is 9.18 Å². The van der Waals surface area contributed by atoms with Gasteiger partial charge in [0.15, 0.2) is 0 Å². The Morgan fingerprint density at radius 1 is 1.33 bits per heavy atom. The fourth-order valence-corrected chi connectivity index (χ4v) is 1.44. The topological polar surface area (TPSA) is 46.3 Å². The molecule has 1 atom stereocenters. The third-order valence-corrected chi connectivity index (χ3v) is 3.09. The van der Waals surface area contributed by atoms with Gasteiger partial charge < -0.3 is 10.6 Å². The zero-order chi connectivity index (χ0) is 13.9. The zero-order valence-corrected chi connectivity index (χ0v) is 11.4. The lowest BCUT2D eigenvalue weighted by Crippen LogP contribution is -2.40. The number of halogens is 1. The van der Waals surface area contributed by atoms with Crippen LogP contribution in [0.3, 0.4) is 0 Å². The lowest BCUT2D eigenvalue weighted by Gasteiger charge is -2.28. The third-order valence-electron chi connectivity index (χ3n) is 3.09. The van der Waals surface area contributed by atoms with Gasteiger partial charge in [-0.25, -0.2) is 4.39 Å². The van der Waals surface area contributed by atoms with Crippen LogP contribution in [0.2, 0.25) is 0 Å². The van der Waals surface area contributed by atoms with Crippen LogP contribution >= 0.6 is 0 Å². The number of anilines is 1. The van der Waals surface area contributed by atoms with E-state index >= 15 is 0 Å². The first kappa shape index (κ1) is 14.6. The lowest BCUT2D eigenvalue weighted by atomic mass is 9.85. The van der Waals surface area contributed by atoms with E-state index in [-0.39, 0.29) is 29.6 Å². The van der Waals surface area contributed by atoms with Crippen LogP contribution < -0.4 is 10.6 Å². The van der Waals surface area contributed by atoms with Crippen molar-refractivity contribution in [3.05, 3.63) is 30.1 Å². The molecule has 0 aliphatic carbocycles. The quantitative estimate of drug-likeness (QED) is 0.898. The smallest absolute Gasteiger partial charge is 0.228 e. The molecular weight excluding hydrogens is 231 g/mol. The van der Waals surface area contributed by atoms with Crippen LogP contribution in [-0.2, 0) is 4.79 Å². The van der Waals surface area contributed by atoms with Crippen molar-refractivity contribution in [1.82, 2.24) is 0 Å². The number of carbonyl (C=O) groups is 1. The molecule has 1 rings (SSSR count). The summed E-state index contributed by atoms with van der Waals surface area (Å²) in [4.78, 5) is 13.5. The van der Waals surface area contributed by atoms with Crippen molar-refractivity contribution in [1.29, 1.82) is 0 Å². The Morgan fingerprint density at radius 3 is 2.28 bits per heavy atom.